The Kier molecular flexibility index (Phi) is 6.84. The molecule has 7 heteroatoms. The van der Waals surface area contributed by atoms with E-state index in [1.54, 1.807) is 36.4 Å². The van der Waals surface area contributed by atoms with Crippen molar-refractivity contribution in [2.24, 2.45) is 5.10 Å². The molecule has 0 heterocycles. The summed E-state index contributed by atoms with van der Waals surface area (Å²) in [6.07, 6.45) is 2.27. The molecule has 0 aliphatic heterocycles. The summed E-state index contributed by atoms with van der Waals surface area (Å²) in [6, 6.07) is 10.1. The zero-order valence-electron chi connectivity index (χ0n) is 15.0. The van der Waals surface area contributed by atoms with E-state index >= 15 is 0 Å². The van der Waals surface area contributed by atoms with E-state index in [-0.39, 0.29) is 23.2 Å². The van der Waals surface area contributed by atoms with Gasteiger partial charge in [-0.25, -0.2) is 5.43 Å². The number of hydrazone groups is 1. The number of methoxy groups -OCH3 is 2. The molecule has 2 rings (SSSR count). The number of hydrogen-bond donors (Lipinski definition) is 2. The first-order valence-corrected chi connectivity index (χ1v) is 8.10. The quantitative estimate of drug-likeness (QED) is 0.559. The lowest BCUT2D eigenvalue weighted by Crippen LogP contribution is -2.18. The smallest absolute Gasteiger partial charge is 0.275 e. The highest BCUT2D eigenvalue weighted by atomic mass is 16.5. The van der Waals surface area contributed by atoms with Gasteiger partial charge >= 0.3 is 0 Å². The number of nitrogens with one attached hydrogen (secondary N) is 1. The van der Waals surface area contributed by atoms with Gasteiger partial charge in [0.1, 0.15) is 5.75 Å². The summed E-state index contributed by atoms with van der Waals surface area (Å²) in [5, 5.41) is 13.8. The van der Waals surface area contributed by atoms with Gasteiger partial charge in [0, 0.05) is 5.56 Å². The lowest BCUT2D eigenvalue weighted by atomic mass is 10.2. The van der Waals surface area contributed by atoms with Gasteiger partial charge in [0.2, 0.25) is 5.75 Å². The molecule has 0 atom stereocenters. The summed E-state index contributed by atoms with van der Waals surface area (Å²) in [5.41, 5.74) is 3.45. The Morgan fingerprint density at radius 2 is 1.81 bits per heavy atom. The molecular weight excluding hydrogens is 336 g/mol. The van der Waals surface area contributed by atoms with Crippen LogP contribution in [0.4, 0.5) is 0 Å². The van der Waals surface area contributed by atoms with Gasteiger partial charge in [-0.1, -0.05) is 19.1 Å². The Hall–Kier alpha value is -3.22. The van der Waals surface area contributed by atoms with Gasteiger partial charge in [0.15, 0.2) is 11.5 Å². The second kappa shape index (κ2) is 9.31. The first-order valence-electron chi connectivity index (χ1n) is 8.10. The van der Waals surface area contributed by atoms with Gasteiger partial charge < -0.3 is 19.3 Å². The zero-order valence-corrected chi connectivity index (χ0v) is 15.0. The summed E-state index contributed by atoms with van der Waals surface area (Å²) < 4.78 is 15.7. The highest BCUT2D eigenvalue weighted by Crippen LogP contribution is 2.36. The number of carbonyl (C=O) groups excluding carboxylic acids is 1. The molecule has 0 unspecified atom stereocenters. The number of carbonyl (C=O) groups is 1. The maximum Gasteiger partial charge on any atom is 0.275 e. The Morgan fingerprint density at radius 1 is 1.15 bits per heavy atom. The van der Waals surface area contributed by atoms with Crippen LogP contribution in [-0.4, -0.2) is 38.1 Å². The van der Waals surface area contributed by atoms with Crippen molar-refractivity contribution in [3.05, 3.63) is 47.5 Å². The Morgan fingerprint density at radius 3 is 2.42 bits per heavy atom. The molecule has 0 fully saturated rings. The first kappa shape index (κ1) is 19.1. The van der Waals surface area contributed by atoms with Crippen LogP contribution in [0, 0.1) is 0 Å². The average molecular weight is 358 g/mol. The minimum absolute atomic E-state index is 0.0989. The number of nitrogens with zero attached hydrogens (tertiary/aromatic N) is 1. The molecular formula is C19H22N2O5. The van der Waals surface area contributed by atoms with E-state index in [9.17, 15) is 9.90 Å². The van der Waals surface area contributed by atoms with Gasteiger partial charge in [-0.15, -0.1) is 0 Å². The lowest BCUT2D eigenvalue weighted by molar-refractivity contribution is 0.0951. The fourth-order valence-electron chi connectivity index (χ4n) is 2.21. The predicted octanol–water partition coefficient (Wildman–Crippen LogP) is 2.96. The van der Waals surface area contributed by atoms with Crippen molar-refractivity contribution in [3.8, 4) is 23.0 Å². The van der Waals surface area contributed by atoms with Crippen molar-refractivity contribution in [2.45, 2.75) is 13.3 Å². The molecule has 1 amide bonds. The third-order valence-electron chi connectivity index (χ3n) is 3.48. The summed E-state index contributed by atoms with van der Waals surface area (Å²) in [4.78, 5) is 12.3. The lowest BCUT2D eigenvalue weighted by Gasteiger charge is -2.10. The van der Waals surface area contributed by atoms with Crippen LogP contribution in [0.15, 0.2) is 41.5 Å². The van der Waals surface area contributed by atoms with Crippen LogP contribution >= 0.6 is 0 Å². The molecule has 0 aliphatic carbocycles. The highest BCUT2D eigenvalue weighted by molar-refractivity contribution is 5.97. The largest absolute Gasteiger partial charge is 0.502 e. The van der Waals surface area contributed by atoms with E-state index < -0.39 is 0 Å². The predicted molar refractivity (Wildman–Crippen MR) is 98.5 cm³/mol. The van der Waals surface area contributed by atoms with Crippen LogP contribution < -0.4 is 19.6 Å². The van der Waals surface area contributed by atoms with Gasteiger partial charge in [-0.3, -0.25) is 4.79 Å². The third-order valence-corrected chi connectivity index (χ3v) is 3.48. The molecule has 0 aromatic heterocycles. The second-order valence-corrected chi connectivity index (χ2v) is 5.32. The highest BCUT2D eigenvalue weighted by Gasteiger charge is 2.12. The van der Waals surface area contributed by atoms with Crippen LogP contribution in [0.25, 0.3) is 0 Å². The van der Waals surface area contributed by atoms with E-state index in [2.05, 4.69) is 10.5 Å². The van der Waals surface area contributed by atoms with Crippen LogP contribution in [0.2, 0.25) is 0 Å². The normalized spacial score (nSPS) is 10.6. The van der Waals surface area contributed by atoms with Crippen LogP contribution in [0.5, 0.6) is 23.0 Å². The van der Waals surface area contributed by atoms with E-state index in [1.807, 2.05) is 6.92 Å². The van der Waals surface area contributed by atoms with E-state index in [4.69, 9.17) is 14.2 Å². The van der Waals surface area contributed by atoms with Crippen molar-refractivity contribution in [1.29, 1.82) is 0 Å². The zero-order chi connectivity index (χ0) is 18.9. The Bertz CT molecular complexity index is 764. The number of ether oxygens (including phenoxy) is 3. The maximum atomic E-state index is 12.3. The Labute approximate surface area is 152 Å². The molecule has 2 N–H and O–H groups in total. The van der Waals surface area contributed by atoms with Crippen LogP contribution in [0.3, 0.4) is 0 Å². The van der Waals surface area contributed by atoms with E-state index in [1.165, 1.54) is 20.4 Å². The molecule has 7 nitrogen and oxygen atoms in total. The van der Waals surface area contributed by atoms with Crippen LogP contribution in [0.1, 0.15) is 29.3 Å². The minimum Gasteiger partial charge on any atom is -0.502 e. The van der Waals surface area contributed by atoms with Crippen molar-refractivity contribution in [3.63, 3.8) is 0 Å². The van der Waals surface area contributed by atoms with Crippen molar-refractivity contribution in [2.75, 3.05) is 20.8 Å². The molecule has 138 valence electrons. The van der Waals surface area contributed by atoms with Gasteiger partial charge in [-0.2, -0.15) is 5.10 Å². The molecule has 0 spiro atoms. The van der Waals surface area contributed by atoms with Crippen molar-refractivity contribution >= 4 is 12.1 Å². The standard InChI is InChI=1S/C19H22N2O5/c1-4-9-26-15-8-6-5-7-14(15)19(23)21-20-12-13-10-16(24-2)18(22)17(11-13)25-3/h5-8,10-12,22H,4,9H2,1-3H3,(H,21,23)/b20-12+. The van der Waals surface area contributed by atoms with Crippen LogP contribution in [-0.2, 0) is 0 Å². The Balaban J connectivity index is 2.12. The monoisotopic (exact) mass is 358 g/mol. The molecule has 0 radical (unpaired) electrons. The number of phenolic OH excluding ortho intramolecular Hbond substituents is 1. The molecule has 0 saturated heterocycles. The summed E-state index contributed by atoms with van der Waals surface area (Å²) in [7, 11) is 2.87. The number of rotatable bonds is 8. The number of amides is 1. The number of phenols is 1. The molecule has 0 saturated carbocycles. The average Bonchev–Trinajstić information content (AvgIpc) is 2.67. The molecule has 0 bridgehead atoms. The number of para-hydroxylation sites is 1. The van der Waals surface area contributed by atoms with Gasteiger partial charge in [0.25, 0.3) is 5.91 Å². The summed E-state index contributed by atoms with van der Waals surface area (Å²) in [6.45, 7) is 2.52. The number of aromatic hydroxyl groups is 1. The minimum atomic E-state index is -0.384. The van der Waals surface area contributed by atoms with E-state index in [0.717, 1.165) is 6.42 Å². The molecule has 2 aromatic rings. The fraction of sp³-hybridized carbons (Fsp3) is 0.263. The van der Waals surface area contributed by atoms with Crippen molar-refractivity contribution in [1.82, 2.24) is 5.43 Å². The number of hydrogen-bond acceptors (Lipinski definition) is 6. The molecule has 0 aliphatic rings. The topological polar surface area (TPSA) is 89.4 Å². The van der Waals surface area contributed by atoms with Gasteiger partial charge in [0.05, 0.1) is 32.6 Å². The summed E-state index contributed by atoms with van der Waals surface area (Å²) >= 11 is 0. The second-order valence-electron chi connectivity index (χ2n) is 5.32. The third kappa shape index (κ3) is 4.66. The van der Waals surface area contributed by atoms with E-state index in [0.29, 0.717) is 23.5 Å². The first-order chi connectivity index (χ1) is 12.6. The molecule has 26 heavy (non-hydrogen) atoms. The van der Waals surface area contributed by atoms with Gasteiger partial charge in [-0.05, 0) is 30.7 Å². The molecule has 2 aromatic carbocycles. The number of benzene rings is 2. The van der Waals surface area contributed by atoms with Crippen molar-refractivity contribution < 1.29 is 24.1 Å². The SMILES string of the molecule is CCCOc1ccccc1C(=O)N/N=C/c1cc(OC)c(O)c(OC)c1. The fourth-order valence-corrected chi connectivity index (χ4v) is 2.21. The maximum absolute atomic E-state index is 12.3. The summed E-state index contributed by atoms with van der Waals surface area (Å²) in [5.74, 6) is 0.518.